The molecule has 2 unspecified atom stereocenters. The minimum atomic E-state index is -0.415. The van der Waals surface area contributed by atoms with Crippen LogP contribution in [0.2, 0.25) is 0 Å². The van der Waals surface area contributed by atoms with Crippen LogP contribution in [0, 0.1) is 6.92 Å². The predicted molar refractivity (Wildman–Crippen MR) is 87.3 cm³/mol. The second kappa shape index (κ2) is 7.61. The van der Waals surface area contributed by atoms with Gasteiger partial charge in [0.05, 0.1) is 25.4 Å². The number of nitrogens with zero attached hydrogens (tertiary/aromatic N) is 1. The highest BCUT2D eigenvalue weighted by molar-refractivity contribution is 5.93. The zero-order valence-corrected chi connectivity index (χ0v) is 13.6. The van der Waals surface area contributed by atoms with E-state index in [2.05, 4.69) is 10.2 Å². The summed E-state index contributed by atoms with van der Waals surface area (Å²) < 4.78 is 5.28. The quantitative estimate of drug-likeness (QED) is 0.875. The van der Waals surface area contributed by atoms with Gasteiger partial charge in [-0.25, -0.2) is 0 Å². The van der Waals surface area contributed by atoms with Crippen LogP contribution < -0.4 is 10.1 Å². The molecule has 2 N–H and O–H groups in total. The zero-order chi connectivity index (χ0) is 16.1. The van der Waals surface area contributed by atoms with Crippen LogP contribution in [0.25, 0.3) is 0 Å². The number of carbonyl (C=O) groups is 1. The topological polar surface area (TPSA) is 61.8 Å². The lowest BCUT2D eigenvalue weighted by molar-refractivity contribution is -0.118. The highest BCUT2D eigenvalue weighted by Crippen LogP contribution is 2.25. The van der Waals surface area contributed by atoms with E-state index in [1.165, 1.54) is 0 Å². The first-order valence-corrected chi connectivity index (χ1v) is 7.88. The monoisotopic (exact) mass is 306 g/mol. The van der Waals surface area contributed by atoms with Crippen molar-refractivity contribution in [2.24, 2.45) is 0 Å². The molecule has 0 radical (unpaired) electrons. The molecule has 0 bridgehead atoms. The number of nitrogens with one attached hydrogen (secondary N) is 1. The third-order valence-electron chi connectivity index (χ3n) is 4.20. The summed E-state index contributed by atoms with van der Waals surface area (Å²) in [7, 11) is 1.59. The van der Waals surface area contributed by atoms with Crippen molar-refractivity contribution in [3.8, 4) is 5.75 Å². The number of aliphatic hydroxyl groups is 1. The van der Waals surface area contributed by atoms with Crippen LogP contribution >= 0.6 is 0 Å². The van der Waals surface area contributed by atoms with Gasteiger partial charge in [-0.3, -0.25) is 9.69 Å². The van der Waals surface area contributed by atoms with Gasteiger partial charge in [-0.1, -0.05) is 12.5 Å². The second-order valence-electron chi connectivity index (χ2n) is 6.03. The average Bonchev–Trinajstić information content (AvgIpc) is 2.47. The number of carbonyl (C=O) groups excluding carboxylic acids is 1. The lowest BCUT2D eigenvalue weighted by atomic mass is 9.98. The number of ether oxygens (including phenoxy) is 1. The fourth-order valence-electron chi connectivity index (χ4n) is 3.05. The maximum Gasteiger partial charge on any atom is 0.238 e. The number of piperidine rings is 1. The molecule has 22 heavy (non-hydrogen) atoms. The van der Waals surface area contributed by atoms with Crippen molar-refractivity contribution in [1.82, 2.24) is 4.90 Å². The molecule has 5 nitrogen and oxygen atoms in total. The van der Waals surface area contributed by atoms with Crippen LogP contribution in [-0.4, -0.2) is 48.3 Å². The molecule has 0 aromatic heterocycles. The summed E-state index contributed by atoms with van der Waals surface area (Å²) in [4.78, 5) is 14.4. The maximum atomic E-state index is 12.3. The van der Waals surface area contributed by atoms with E-state index in [0.717, 1.165) is 31.4 Å². The predicted octanol–water partition coefficient (Wildman–Crippen LogP) is 2.18. The van der Waals surface area contributed by atoms with Gasteiger partial charge in [0, 0.05) is 6.04 Å². The second-order valence-corrected chi connectivity index (χ2v) is 6.03. The average molecular weight is 306 g/mol. The molecular weight excluding hydrogens is 280 g/mol. The summed E-state index contributed by atoms with van der Waals surface area (Å²) in [6.07, 6.45) is 2.71. The molecule has 1 amide bonds. The summed E-state index contributed by atoms with van der Waals surface area (Å²) in [5.41, 5.74) is 1.76. The van der Waals surface area contributed by atoms with E-state index >= 15 is 0 Å². The first-order chi connectivity index (χ1) is 10.5. The summed E-state index contributed by atoms with van der Waals surface area (Å²) in [6.45, 7) is 4.92. The van der Waals surface area contributed by atoms with Gasteiger partial charge in [0.25, 0.3) is 0 Å². The van der Waals surface area contributed by atoms with E-state index in [-0.39, 0.29) is 11.9 Å². The number of likely N-dealkylation sites (tertiary alicyclic amines) is 1. The summed E-state index contributed by atoms with van der Waals surface area (Å²) >= 11 is 0. The van der Waals surface area contributed by atoms with Crippen LogP contribution in [0.4, 0.5) is 5.69 Å². The van der Waals surface area contributed by atoms with E-state index < -0.39 is 6.10 Å². The number of aliphatic hydroxyl groups excluding tert-OH is 1. The molecule has 1 aliphatic rings. The van der Waals surface area contributed by atoms with E-state index in [0.29, 0.717) is 18.0 Å². The molecule has 1 heterocycles. The first-order valence-electron chi connectivity index (χ1n) is 7.88. The Morgan fingerprint density at radius 3 is 2.95 bits per heavy atom. The van der Waals surface area contributed by atoms with Crippen LogP contribution in [0.15, 0.2) is 18.2 Å². The molecular formula is C17H26N2O3. The number of anilines is 1. The smallest absolute Gasteiger partial charge is 0.238 e. The molecule has 1 aliphatic heterocycles. The number of aryl methyl sites for hydroxylation is 1. The summed E-state index contributed by atoms with van der Waals surface area (Å²) in [5, 5.41) is 12.8. The molecule has 0 saturated carbocycles. The molecule has 122 valence electrons. The largest absolute Gasteiger partial charge is 0.495 e. The molecule has 5 heteroatoms. The fraction of sp³-hybridized carbons (Fsp3) is 0.588. The van der Waals surface area contributed by atoms with Gasteiger partial charge in [0.15, 0.2) is 0 Å². The number of hydrogen-bond donors (Lipinski definition) is 2. The Morgan fingerprint density at radius 1 is 1.50 bits per heavy atom. The molecule has 1 aromatic rings. The standard InChI is InChI=1S/C17H26N2O3/c1-12-7-8-16(22-3)14(10-12)18-17(21)11-19-9-5-4-6-15(19)13(2)20/h7-8,10,13,15,20H,4-6,9,11H2,1-3H3,(H,18,21). The molecule has 0 aliphatic carbocycles. The number of hydrogen-bond acceptors (Lipinski definition) is 4. The highest BCUT2D eigenvalue weighted by Gasteiger charge is 2.27. The van der Waals surface area contributed by atoms with Crippen molar-refractivity contribution < 1.29 is 14.6 Å². The van der Waals surface area contributed by atoms with Crippen molar-refractivity contribution in [2.45, 2.75) is 45.3 Å². The Balaban J connectivity index is 2.01. The van der Waals surface area contributed by atoms with Crippen molar-refractivity contribution in [3.63, 3.8) is 0 Å². The van der Waals surface area contributed by atoms with Gasteiger partial charge in [-0.15, -0.1) is 0 Å². The number of rotatable bonds is 5. The Bertz CT molecular complexity index is 517. The SMILES string of the molecule is COc1ccc(C)cc1NC(=O)CN1CCCCC1C(C)O. The molecule has 1 saturated heterocycles. The van der Waals surface area contributed by atoms with Crippen LogP contribution in [0.3, 0.4) is 0 Å². The molecule has 2 rings (SSSR count). The van der Waals surface area contributed by atoms with E-state index in [1.807, 2.05) is 25.1 Å². The van der Waals surface area contributed by atoms with Gasteiger partial charge in [0.1, 0.15) is 5.75 Å². The van der Waals surface area contributed by atoms with Gasteiger partial charge in [-0.05, 0) is 50.9 Å². The Kier molecular flexibility index (Phi) is 5.80. The number of methoxy groups -OCH3 is 1. The van der Waals surface area contributed by atoms with Crippen molar-refractivity contribution >= 4 is 11.6 Å². The molecule has 1 fully saturated rings. The Labute approximate surface area is 132 Å². The van der Waals surface area contributed by atoms with Crippen LogP contribution in [0.1, 0.15) is 31.7 Å². The minimum absolute atomic E-state index is 0.0684. The van der Waals surface area contributed by atoms with Gasteiger partial charge < -0.3 is 15.2 Å². The minimum Gasteiger partial charge on any atom is -0.495 e. The number of amides is 1. The highest BCUT2D eigenvalue weighted by atomic mass is 16.5. The fourth-order valence-corrected chi connectivity index (χ4v) is 3.05. The van der Waals surface area contributed by atoms with Crippen molar-refractivity contribution in [2.75, 3.05) is 25.5 Å². The van der Waals surface area contributed by atoms with E-state index in [9.17, 15) is 9.90 Å². The normalized spacial score (nSPS) is 20.5. The van der Waals surface area contributed by atoms with E-state index in [1.54, 1.807) is 14.0 Å². The van der Waals surface area contributed by atoms with Gasteiger partial charge in [-0.2, -0.15) is 0 Å². The molecule has 0 spiro atoms. The summed E-state index contributed by atoms with van der Waals surface area (Å²) in [5.74, 6) is 0.584. The summed E-state index contributed by atoms with van der Waals surface area (Å²) in [6, 6.07) is 5.77. The lowest BCUT2D eigenvalue weighted by Crippen LogP contribution is -2.48. The zero-order valence-electron chi connectivity index (χ0n) is 13.6. The lowest BCUT2D eigenvalue weighted by Gasteiger charge is -2.36. The van der Waals surface area contributed by atoms with Crippen molar-refractivity contribution in [3.05, 3.63) is 23.8 Å². The Morgan fingerprint density at radius 2 is 2.27 bits per heavy atom. The van der Waals surface area contributed by atoms with Crippen LogP contribution in [-0.2, 0) is 4.79 Å². The maximum absolute atomic E-state index is 12.3. The third kappa shape index (κ3) is 4.21. The first kappa shape index (κ1) is 16.8. The van der Waals surface area contributed by atoms with Gasteiger partial charge >= 0.3 is 0 Å². The third-order valence-corrected chi connectivity index (χ3v) is 4.20. The Hall–Kier alpha value is -1.59. The van der Waals surface area contributed by atoms with Crippen molar-refractivity contribution in [1.29, 1.82) is 0 Å². The van der Waals surface area contributed by atoms with Gasteiger partial charge in [0.2, 0.25) is 5.91 Å². The van der Waals surface area contributed by atoms with E-state index in [4.69, 9.17) is 4.74 Å². The van der Waals surface area contributed by atoms with Crippen LogP contribution in [0.5, 0.6) is 5.75 Å². The molecule has 2 atom stereocenters. The molecule has 1 aromatic carbocycles. The number of benzene rings is 1.